The molecule has 0 saturated heterocycles. The third kappa shape index (κ3) is 4.46. The molecule has 11 heteroatoms. The van der Waals surface area contributed by atoms with E-state index in [4.69, 9.17) is 17.5 Å². The highest BCUT2D eigenvalue weighted by Crippen LogP contribution is 2.42. The standard InChI is InChI=1S/C23H20F4N4O2S/c1-29-20(33)16-6-5-15(11-18(16)24)31(22(13-32)8-3-9-22)21(34)30(2)19-7-4-14(12-28)10-17(19)23(25,26)27/h4-7,10-11,13H,3,8-9H2,1-2H3,(H,29,33). The van der Waals surface area contributed by atoms with E-state index < -0.39 is 29.0 Å². The first-order chi connectivity index (χ1) is 16.0. The normalized spacial score (nSPS) is 14.4. The van der Waals surface area contributed by atoms with Gasteiger partial charge in [-0.25, -0.2) is 4.39 Å². The van der Waals surface area contributed by atoms with Crippen LogP contribution in [0, 0.1) is 17.1 Å². The minimum atomic E-state index is -4.78. The van der Waals surface area contributed by atoms with E-state index in [0.717, 1.165) is 23.1 Å². The number of carbonyl (C=O) groups is 2. The largest absolute Gasteiger partial charge is 0.418 e. The summed E-state index contributed by atoms with van der Waals surface area (Å²) in [5, 5.41) is 11.2. The zero-order chi connectivity index (χ0) is 25.3. The lowest BCUT2D eigenvalue weighted by Crippen LogP contribution is -2.61. The molecular formula is C23H20F4N4O2S. The van der Waals surface area contributed by atoms with Gasteiger partial charge in [0.15, 0.2) is 5.11 Å². The Morgan fingerprint density at radius 3 is 2.38 bits per heavy atom. The number of amides is 1. The maximum Gasteiger partial charge on any atom is 0.418 e. The van der Waals surface area contributed by atoms with Gasteiger partial charge in [0.2, 0.25) is 0 Å². The molecule has 178 valence electrons. The highest BCUT2D eigenvalue weighted by atomic mass is 32.1. The molecule has 0 unspecified atom stereocenters. The SMILES string of the molecule is CNC(=O)c1ccc(N(C(=S)N(C)c2ccc(C#N)cc2C(F)(F)F)C2(C=O)CCC2)cc1F. The zero-order valence-electron chi connectivity index (χ0n) is 18.2. The number of nitrogens with zero attached hydrogens (tertiary/aromatic N) is 3. The van der Waals surface area contributed by atoms with Gasteiger partial charge in [-0.2, -0.15) is 18.4 Å². The third-order valence-corrected chi connectivity index (χ3v) is 6.29. The first-order valence-corrected chi connectivity index (χ1v) is 10.6. The Morgan fingerprint density at radius 2 is 1.91 bits per heavy atom. The molecule has 0 bridgehead atoms. The van der Waals surface area contributed by atoms with Gasteiger partial charge in [-0.1, -0.05) is 0 Å². The Kier molecular flexibility index (Phi) is 6.93. The van der Waals surface area contributed by atoms with Crippen molar-refractivity contribution in [3.63, 3.8) is 0 Å². The van der Waals surface area contributed by atoms with Gasteiger partial charge >= 0.3 is 6.18 Å². The lowest BCUT2D eigenvalue weighted by atomic mass is 9.76. The summed E-state index contributed by atoms with van der Waals surface area (Å²) < 4.78 is 56.0. The van der Waals surface area contributed by atoms with Crippen LogP contribution in [0.1, 0.15) is 40.7 Å². The van der Waals surface area contributed by atoms with Gasteiger partial charge in [-0.15, -0.1) is 0 Å². The molecule has 1 fully saturated rings. The molecule has 1 N–H and O–H groups in total. The lowest BCUT2D eigenvalue weighted by molar-refractivity contribution is -0.137. The van der Waals surface area contributed by atoms with Crippen LogP contribution in [-0.2, 0) is 11.0 Å². The average molecular weight is 492 g/mol. The first kappa shape index (κ1) is 25.1. The first-order valence-electron chi connectivity index (χ1n) is 10.2. The average Bonchev–Trinajstić information content (AvgIpc) is 2.78. The summed E-state index contributed by atoms with van der Waals surface area (Å²) >= 11 is 5.53. The van der Waals surface area contributed by atoms with E-state index >= 15 is 0 Å². The highest BCUT2D eigenvalue weighted by Gasteiger charge is 2.46. The predicted octanol–water partition coefficient (Wildman–Crippen LogP) is 4.43. The second kappa shape index (κ2) is 9.38. The van der Waals surface area contributed by atoms with Crippen molar-refractivity contribution in [3.05, 3.63) is 58.9 Å². The van der Waals surface area contributed by atoms with E-state index in [9.17, 15) is 27.2 Å². The number of thiocarbonyl (C=S) groups is 1. The third-order valence-electron chi connectivity index (χ3n) is 5.84. The molecule has 34 heavy (non-hydrogen) atoms. The summed E-state index contributed by atoms with van der Waals surface area (Å²) in [5.41, 5.74) is -2.86. The fourth-order valence-corrected chi connectivity index (χ4v) is 4.22. The summed E-state index contributed by atoms with van der Waals surface area (Å²) in [4.78, 5) is 26.4. The topological polar surface area (TPSA) is 76.4 Å². The van der Waals surface area contributed by atoms with Gasteiger partial charge in [-0.05, 0) is 67.9 Å². The van der Waals surface area contributed by atoms with Crippen LogP contribution in [-0.4, -0.2) is 36.9 Å². The molecular weight excluding hydrogens is 472 g/mol. The van der Waals surface area contributed by atoms with Crippen LogP contribution in [0.3, 0.4) is 0 Å². The van der Waals surface area contributed by atoms with Gasteiger partial charge in [0.25, 0.3) is 5.91 Å². The molecule has 2 aromatic rings. The smallest absolute Gasteiger partial charge is 0.355 e. The van der Waals surface area contributed by atoms with Gasteiger partial charge in [0.05, 0.1) is 28.4 Å². The number of halogens is 4. The Bertz CT molecular complexity index is 1190. The Morgan fingerprint density at radius 1 is 1.24 bits per heavy atom. The molecule has 1 amide bonds. The molecule has 0 radical (unpaired) electrons. The van der Waals surface area contributed by atoms with E-state index in [0.29, 0.717) is 25.5 Å². The number of carbonyl (C=O) groups excluding carboxylic acids is 2. The molecule has 1 aliphatic carbocycles. The van der Waals surface area contributed by atoms with Crippen molar-refractivity contribution in [2.45, 2.75) is 31.0 Å². The quantitative estimate of drug-likeness (QED) is 0.378. The van der Waals surface area contributed by atoms with E-state index in [1.54, 1.807) is 6.07 Å². The summed E-state index contributed by atoms with van der Waals surface area (Å²) in [5.74, 6) is -1.53. The summed E-state index contributed by atoms with van der Waals surface area (Å²) in [6, 6.07) is 8.38. The summed E-state index contributed by atoms with van der Waals surface area (Å²) in [7, 11) is 2.65. The number of aldehydes is 1. The number of anilines is 2. The second-order valence-corrected chi connectivity index (χ2v) is 8.20. The van der Waals surface area contributed by atoms with E-state index in [-0.39, 0.29) is 27.6 Å². The van der Waals surface area contributed by atoms with Gasteiger partial charge in [0.1, 0.15) is 17.6 Å². The molecule has 0 aromatic heterocycles. The van der Waals surface area contributed by atoms with Crippen LogP contribution >= 0.6 is 12.2 Å². The fourth-order valence-electron chi connectivity index (χ4n) is 3.83. The zero-order valence-corrected chi connectivity index (χ0v) is 19.1. The van der Waals surface area contributed by atoms with Crippen molar-refractivity contribution in [1.29, 1.82) is 5.26 Å². The molecule has 6 nitrogen and oxygen atoms in total. The van der Waals surface area contributed by atoms with Crippen molar-refractivity contribution in [2.24, 2.45) is 0 Å². The molecule has 0 aliphatic heterocycles. The number of nitrogens with one attached hydrogen (secondary N) is 1. The van der Waals surface area contributed by atoms with Gasteiger partial charge < -0.3 is 19.9 Å². The number of benzene rings is 2. The fraction of sp³-hybridized carbons (Fsp3) is 0.304. The van der Waals surface area contributed by atoms with Crippen LogP contribution in [0.4, 0.5) is 28.9 Å². The van der Waals surface area contributed by atoms with Crippen LogP contribution in [0.15, 0.2) is 36.4 Å². The Hall–Kier alpha value is -3.52. The molecule has 1 saturated carbocycles. The molecule has 0 atom stereocenters. The monoisotopic (exact) mass is 492 g/mol. The number of rotatable bonds is 5. The number of hydrogen-bond acceptors (Lipinski definition) is 4. The van der Waals surface area contributed by atoms with Gasteiger partial charge in [0, 0.05) is 19.8 Å². The van der Waals surface area contributed by atoms with Crippen LogP contribution in [0.5, 0.6) is 0 Å². The van der Waals surface area contributed by atoms with Crippen molar-refractivity contribution >= 4 is 40.9 Å². The van der Waals surface area contributed by atoms with Crippen molar-refractivity contribution in [1.82, 2.24) is 5.32 Å². The molecule has 3 rings (SSSR count). The van der Waals surface area contributed by atoms with E-state index in [1.165, 1.54) is 37.2 Å². The van der Waals surface area contributed by atoms with Gasteiger partial charge in [-0.3, -0.25) is 4.79 Å². The van der Waals surface area contributed by atoms with Crippen molar-refractivity contribution < 1.29 is 27.2 Å². The summed E-state index contributed by atoms with van der Waals surface area (Å²) in [6.07, 6.45) is -2.72. The number of hydrogen-bond donors (Lipinski definition) is 1. The lowest BCUT2D eigenvalue weighted by Gasteiger charge is -2.49. The van der Waals surface area contributed by atoms with Crippen molar-refractivity contribution in [3.8, 4) is 6.07 Å². The van der Waals surface area contributed by atoms with Crippen LogP contribution < -0.4 is 15.1 Å². The minimum Gasteiger partial charge on any atom is -0.355 e. The van der Waals surface area contributed by atoms with Crippen LogP contribution in [0.25, 0.3) is 0 Å². The minimum absolute atomic E-state index is 0.121. The maximum absolute atomic E-state index is 14.7. The Labute approximate surface area is 198 Å². The number of alkyl halides is 3. The van der Waals surface area contributed by atoms with Crippen LogP contribution in [0.2, 0.25) is 0 Å². The predicted molar refractivity (Wildman–Crippen MR) is 122 cm³/mol. The maximum atomic E-state index is 14.7. The highest BCUT2D eigenvalue weighted by molar-refractivity contribution is 7.80. The van der Waals surface area contributed by atoms with E-state index in [1.807, 2.05) is 0 Å². The Balaban J connectivity index is 2.12. The molecule has 0 heterocycles. The number of nitriles is 1. The van der Waals surface area contributed by atoms with E-state index in [2.05, 4.69) is 5.32 Å². The molecule has 0 spiro atoms. The second-order valence-electron chi connectivity index (χ2n) is 7.84. The molecule has 2 aromatic carbocycles. The summed E-state index contributed by atoms with van der Waals surface area (Å²) in [6.45, 7) is 0. The molecule has 1 aliphatic rings. The van der Waals surface area contributed by atoms with Crippen molar-refractivity contribution in [2.75, 3.05) is 23.9 Å².